The van der Waals surface area contributed by atoms with Crippen LogP contribution >= 0.6 is 0 Å². The molecule has 0 radical (unpaired) electrons. The maximum Gasteiger partial charge on any atom is 0.159 e. The van der Waals surface area contributed by atoms with Gasteiger partial charge in [-0.3, -0.25) is 14.9 Å². The largest absolute Gasteiger partial charge is 0.508 e. The lowest BCUT2D eigenvalue weighted by Crippen LogP contribution is -2.45. The molecule has 1 saturated heterocycles. The molecule has 3 N–H and O–H groups in total. The summed E-state index contributed by atoms with van der Waals surface area (Å²) in [5, 5.41) is 17.9. The van der Waals surface area contributed by atoms with Crippen molar-refractivity contribution in [1.82, 2.24) is 30.0 Å². The predicted molar refractivity (Wildman–Crippen MR) is 151 cm³/mol. The number of H-pyrrole nitrogens is 2. The van der Waals surface area contributed by atoms with Gasteiger partial charge in [-0.1, -0.05) is 25.1 Å². The second-order valence-electron chi connectivity index (χ2n) is 10.5. The normalized spacial score (nSPS) is 19.1. The topological polar surface area (TPSA) is 93.3 Å². The molecule has 0 amide bonds. The maximum absolute atomic E-state index is 15.7. The van der Waals surface area contributed by atoms with E-state index >= 15 is 4.39 Å². The van der Waals surface area contributed by atoms with E-state index in [0.29, 0.717) is 34.9 Å². The molecule has 2 aromatic carbocycles. The molecule has 6 rings (SSSR count). The maximum atomic E-state index is 15.7. The van der Waals surface area contributed by atoms with E-state index in [1.165, 1.54) is 5.57 Å². The number of ether oxygens (including phenoxy) is 1. The first kappa shape index (κ1) is 25.7. The van der Waals surface area contributed by atoms with Crippen molar-refractivity contribution < 1.29 is 14.2 Å². The van der Waals surface area contributed by atoms with E-state index in [9.17, 15) is 5.11 Å². The number of phenols is 1. The number of hydrogen-bond acceptors (Lipinski definition) is 6. The Kier molecular flexibility index (Phi) is 7.20. The monoisotopic (exact) mass is 530 g/mol. The molecule has 2 aliphatic heterocycles. The van der Waals surface area contributed by atoms with Gasteiger partial charge in [-0.2, -0.15) is 5.10 Å². The Labute approximate surface area is 227 Å². The second-order valence-corrected chi connectivity index (χ2v) is 10.5. The van der Waals surface area contributed by atoms with Gasteiger partial charge in [0.05, 0.1) is 25.1 Å². The minimum atomic E-state index is -0.387. The van der Waals surface area contributed by atoms with Gasteiger partial charge in [0.15, 0.2) is 11.6 Å². The van der Waals surface area contributed by atoms with Crippen LogP contribution in [-0.2, 0) is 11.2 Å². The summed E-state index contributed by atoms with van der Waals surface area (Å²) < 4.78 is 21.2. The number of imidazole rings is 1. The highest BCUT2D eigenvalue weighted by Crippen LogP contribution is 2.35. The molecule has 0 aliphatic carbocycles. The fourth-order valence-corrected chi connectivity index (χ4v) is 5.67. The Morgan fingerprint density at radius 1 is 1.13 bits per heavy atom. The standard InChI is InChI=1S/C30H35FN6O2/c1-3-20-16-22(38)6-7-23(20)24-8-9-25-28(27(24)31)34-35-29(25)30-32-17-26(33-30)21-5-4-19(2)37(18-21)11-10-36-12-14-39-15-13-36/h5-9,16-17,19,38H,3-4,10-15,18H2,1-2H3,(H,32,33)(H,34,35)/t19-/m0/s1. The van der Waals surface area contributed by atoms with Gasteiger partial charge in [0.1, 0.15) is 17.0 Å². The lowest BCUT2D eigenvalue weighted by Gasteiger charge is -2.35. The molecule has 2 aliphatic rings. The van der Waals surface area contributed by atoms with E-state index in [1.54, 1.807) is 24.3 Å². The molecule has 0 bridgehead atoms. The molecular formula is C30H35FN6O2. The number of nitrogens with zero attached hydrogens (tertiary/aromatic N) is 4. The summed E-state index contributed by atoms with van der Waals surface area (Å²) in [6.07, 6.45) is 5.83. The number of aryl methyl sites for hydroxylation is 1. The summed E-state index contributed by atoms with van der Waals surface area (Å²) in [6.45, 7) is 10.9. The third kappa shape index (κ3) is 5.09. The van der Waals surface area contributed by atoms with Gasteiger partial charge in [0, 0.05) is 49.7 Å². The minimum Gasteiger partial charge on any atom is -0.508 e. The average molecular weight is 531 g/mol. The van der Waals surface area contributed by atoms with Crippen molar-refractivity contribution in [3.8, 4) is 28.4 Å². The molecule has 4 aromatic rings. The van der Waals surface area contributed by atoms with Crippen molar-refractivity contribution in [2.45, 2.75) is 32.7 Å². The van der Waals surface area contributed by atoms with E-state index < -0.39 is 0 Å². The summed E-state index contributed by atoms with van der Waals surface area (Å²) in [5.41, 5.74) is 5.25. The van der Waals surface area contributed by atoms with Crippen molar-refractivity contribution >= 4 is 16.5 Å². The van der Waals surface area contributed by atoms with E-state index in [-0.39, 0.29) is 17.1 Å². The van der Waals surface area contributed by atoms with Crippen LogP contribution in [0.25, 0.3) is 39.1 Å². The number of aromatic amines is 2. The smallest absolute Gasteiger partial charge is 0.159 e. The fraction of sp³-hybridized carbons (Fsp3) is 0.400. The SMILES string of the molecule is CCc1cc(O)ccc1-c1ccc2c(-c3ncc(C4=CC[C@H](C)N(CCN5CCOCC5)C4)[nH]3)[nH]nc2c1F. The summed E-state index contributed by atoms with van der Waals surface area (Å²) >= 11 is 0. The summed E-state index contributed by atoms with van der Waals surface area (Å²) in [6, 6.07) is 9.19. The van der Waals surface area contributed by atoms with Gasteiger partial charge >= 0.3 is 0 Å². The number of morpholine rings is 1. The van der Waals surface area contributed by atoms with Crippen LogP contribution in [0, 0.1) is 5.82 Å². The molecule has 39 heavy (non-hydrogen) atoms. The van der Waals surface area contributed by atoms with Crippen LogP contribution in [0.15, 0.2) is 42.6 Å². The average Bonchev–Trinajstić information content (AvgIpc) is 3.62. The Balaban J connectivity index is 1.22. The highest BCUT2D eigenvalue weighted by molar-refractivity contribution is 5.95. The number of halogens is 1. The first-order chi connectivity index (χ1) is 19.0. The number of phenolic OH excluding ortho intramolecular Hbond substituents is 1. The van der Waals surface area contributed by atoms with Crippen molar-refractivity contribution in [2.24, 2.45) is 0 Å². The van der Waals surface area contributed by atoms with E-state index in [1.807, 2.05) is 19.2 Å². The number of aromatic hydroxyl groups is 1. The molecular weight excluding hydrogens is 495 g/mol. The minimum absolute atomic E-state index is 0.176. The van der Waals surface area contributed by atoms with E-state index in [2.05, 4.69) is 43.0 Å². The molecule has 9 heteroatoms. The third-order valence-corrected chi connectivity index (χ3v) is 8.09. The van der Waals surface area contributed by atoms with Crippen LogP contribution < -0.4 is 0 Å². The van der Waals surface area contributed by atoms with Crippen LogP contribution in [0.4, 0.5) is 4.39 Å². The van der Waals surface area contributed by atoms with Gasteiger partial charge in [-0.15, -0.1) is 0 Å². The van der Waals surface area contributed by atoms with Gasteiger partial charge in [-0.25, -0.2) is 9.37 Å². The second kappa shape index (κ2) is 10.9. The van der Waals surface area contributed by atoms with E-state index in [4.69, 9.17) is 4.74 Å². The zero-order valence-corrected chi connectivity index (χ0v) is 22.5. The van der Waals surface area contributed by atoms with Crippen molar-refractivity contribution in [3.05, 3.63) is 59.7 Å². The first-order valence-electron chi connectivity index (χ1n) is 13.8. The summed E-state index contributed by atoms with van der Waals surface area (Å²) in [5.74, 6) is 0.426. The number of aromatic nitrogens is 4. The van der Waals surface area contributed by atoms with Gasteiger partial charge in [0.25, 0.3) is 0 Å². The molecule has 0 unspecified atom stereocenters. The summed E-state index contributed by atoms with van der Waals surface area (Å²) in [4.78, 5) is 13.1. The number of nitrogens with one attached hydrogen (secondary N) is 2. The molecule has 1 fully saturated rings. The zero-order valence-electron chi connectivity index (χ0n) is 22.5. The molecule has 1 atom stereocenters. The van der Waals surface area contributed by atoms with Gasteiger partial charge in [-0.05, 0) is 54.7 Å². The summed E-state index contributed by atoms with van der Waals surface area (Å²) in [7, 11) is 0. The van der Waals surface area contributed by atoms with Crippen LogP contribution in [0.1, 0.15) is 31.5 Å². The quantitative estimate of drug-likeness (QED) is 0.317. The van der Waals surface area contributed by atoms with E-state index in [0.717, 1.165) is 69.2 Å². The van der Waals surface area contributed by atoms with Crippen molar-refractivity contribution in [2.75, 3.05) is 45.9 Å². The Bertz CT molecular complexity index is 1500. The molecule has 8 nitrogen and oxygen atoms in total. The molecule has 0 spiro atoms. The predicted octanol–water partition coefficient (Wildman–Crippen LogP) is 4.84. The molecule has 204 valence electrons. The lowest BCUT2D eigenvalue weighted by atomic mass is 9.96. The molecule has 0 saturated carbocycles. The van der Waals surface area contributed by atoms with Crippen molar-refractivity contribution in [1.29, 1.82) is 0 Å². The highest BCUT2D eigenvalue weighted by Gasteiger charge is 2.24. The highest BCUT2D eigenvalue weighted by atomic mass is 19.1. The lowest BCUT2D eigenvalue weighted by molar-refractivity contribution is 0.0320. The van der Waals surface area contributed by atoms with Gasteiger partial charge < -0.3 is 14.8 Å². The fourth-order valence-electron chi connectivity index (χ4n) is 5.67. The Hall–Kier alpha value is -3.53. The Morgan fingerprint density at radius 3 is 2.77 bits per heavy atom. The van der Waals surface area contributed by atoms with Crippen LogP contribution in [0.3, 0.4) is 0 Å². The van der Waals surface area contributed by atoms with Crippen LogP contribution in [0.5, 0.6) is 5.75 Å². The molecule has 2 aromatic heterocycles. The third-order valence-electron chi connectivity index (χ3n) is 8.09. The number of rotatable bonds is 7. The first-order valence-corrected chi connectivity index (χ1v) is 13.8. The molecule has 4 heterocycles. The Morgan fingerprint density at radius 2 is 1.95 bits per heavy atom. The number of benzene rings is 2. The zero-order chi connectivity index (χ0) is 26.9. The number of hydrogen-bond donors (Lipinski definition) is 3. The van der Waals surface area contributed by atoms with Crippen LogP contribution in [0.2, 0.25) is 0 Å². The van der Waals surface area contributed by atoms with Crippen molar-refractivity contribution in [3.63, 3.8) is 0 Å². The van der Waals surface area contributed by atoms with Crippen LogP contribution in [-0.4, -0.2) is 87.1 Å². The van der Waals surface area contributed by atoms with Gasteiger partial charge in [0.2, 0.25) is 0 Å². The number of fused-ring (bicyclic) bond motifs is 1.